The zero-order valence-corrected chi connectivity index (χ0v) is 20.6. The van der Waals surface area contributed by atoms with Gasteiger partial charge in [-0.2, -0.15) is 0 Å². The largest absolute Gasteiger partial charge is 0.487 e. The summed E-state index contributed by atoms with van der Waals surface area (Å²) in [5, 5.41) is 5.27. The molecule has 3 N–H and O–H groups in total. The number of pyridine rings is 2. The lowest BCUT2D eigenvalue weighted by Crippen LogP contribution is -2.13. The minimum absolute atomic E-state index is 0. The Kier molecular flexibility index (Phi) is 12.5. The van der Waals surface area contributed by atoms with E-state index in [1.165, 1.54) is 12.0 Å². The second kappa shape index (κ2) is 15.1. The molecular weight excluding hydrogens is 436 g/mol. The van der Waals surface area contributed by atoms with Gasteiger partial charge in [0, 0.05) is 22.7 Å². The highest BCUT2D eigenvalue weighted by molar-refractivity contribution is 5.97. The molecule has 0 aliphatic carbocycles. The number of carbonyl (C=O) groups is 1. The number of primary amides is 1. The number of aromatic nitrogens is 2. The minimum atomic E-state index is -0.564. The fourth-order valence-electron chi connectivity index (χ4n) is 3.01. The summed E-state index contributed by atoms with van der Waals surface area (Å²) in [6.45, 7) is 10.6. The molecule has 2 aromatic heterocycles. The number of aryl methyl sites for hydroxylation is 1. The summed E-state index contributed by atoms with van der Waals surface area (Å²) in [7, 11) is 0. The molecule has 0 aliphatic heterocycles. The summed E-state index contributed by atoms with van der Waals surface area (Å²) in [5.41, 5.74) is 8.48. The van der Waals surface area contributed by atoms with Gasteiger partial charge in [-0.15, -0.1) is 0 Å². The van der Waals surface area contributed by atoms with E-state index in [2.05, 4.69) is 48.2 Å². The van der Waals surface area contributed by atoms with Crippen LogP contribution in [-0.2, 0) is 6.61 Å². The Morgan fingerprint density at radius 1 is 0.971 bits per heavy atom. The van der Waals surface area contributed by atoms with Crippen molar-refractivity contribution in [2.24, 2.45) is 5.73 Å². The molecule has 35 heavy (non-hydrogen) atoms. The van der Waals surface area contributed by atoms with Gasteiger partial charge in [0.05, 0.1) is 6.20 Å². The first-order valence-corrected chi connectivity index (χ1v) is 11.6. The molecule has 0 fully saturated rings. The molecule has 186 valence electrons. The Hall–Kier alpha value is -3.93. The highest BCUT2D eigenvalue weighted by Crippen LogP contribution is 2.31. The van der Waals surface area contributed by atoms with Crippen LogP contribution in [0.2, 0.25) is 0 Å². The van der Waals surface area contributed by atoms with Crippen LogP contribution in [0.4, 0.5) is 11.5 Å². The smallest absolute Gasteiger partial charge is 0.267 e. The maximum absolute atomic E-state index is 11.3. The lowest BCUT2D eigenvalue weighted by atomic mass is 10.1. The van der Waals surface area contributed by atoms with Crippen molar-refractivity contribution < 1.29 is 9.53 Å². The van der Waals surface area contributed by atoms with Crippen LogP contribution in [0.1, 0.15) is 63.2 Å². The zero-order chi connectivity index (χ0) is 24.9. The van der Waals surface area contributed by atoms with Crippen molar-refractivity contribution in [2.75, 3.05) is 5.32 Å². The zero-order valence-electron chi connectivity index (χ0n) is 20.6. The lowest BCUT2D eigenvalue weighted by Gasteiger charge is -2.13. The standard InChI is InChI=1S/C23H20N4O2.C3H8.C2H6.CH4/c1-15-6-8-17(9-7-15)27-23-19-5-3-2-4-18(19)21(13-26-23)29-14-16-10-11-25-20(12-16)22(24)28;1-3-2;1-2;/h2-13H,14H2,1H3,(H2,24,28)(H,26,27);3H2,1-2H3;1-2H3;1H4. The third kappa shape index (κ3) is 8.41. The van der Waals surface area contributed by atoms with Gasteiger partial charge >= 0.3 is 0 Å². The summed E-state index contributed by atoms with van der Waals surface area (Å²) in [6, 6.07) is 19.5. The number of nitrogens with zero attached hydrogens (tertiary/aromatic N) is 2. The van der Waals surface area contributed by atoms with Crippen molar-refractivity contribution in [1.29, 1.82) is 0 Å². The first-order valence-electron chi connectivity index (χ1n) is 11.6. The number of nitrogens with two attached hydrogens (primary N) is 1. The molecule has 2 heterocycles. The first-order chi connectivity index (χ1) is 16.5. The van der Waals surface area contributed by atoms with Crippen molar-refractivity contribution in [3.8, 4) is 5.75 Å². The Balaban J connectivity index is 0.000000950. The van der Waals surface area contributed by atoms with Crippen molar-refractivity contribution in [1.82, 2.24) is 9.97 Å². The predicted molar refractivity (Wildman–Crippen MR) is 147 cm³/mol. The number of rotatable bonds is 6. The fourth-order valence-corrected chi connectivity index (χ4v) is 3.01. The summed E-state index contributed by atoms with van der Waals surface area (Å²) >= 11 is 0. The number of hydrogen-bond acceptors (Lipinski definition) is 5. The maximum Gasteiger partial charge on any atom is 0.267 e. The SMILES string of the molecule is C.CC.CCC.Cc1ccc(Nc2ncc(OCc3ccnc(C(N)=O)c3)c3ccccc23)cc1. The van der Waals surface area contributed by atoms with Crippen LogP contribution in [-0.4, -0.2) is 15.9 Å². The second-order valence-corrected chi connectivity index (χ2v) is 7.42. The average molecular weight is 475 g/mol. The van der Waals surface area contributed by atoms with E-state index < -0.39 is 5.91 Å². The molecule has 2 aromatic carbocycles. The molecule has 1 amide bonds. The van der Waals surface area contributed by atoms with Gasteiger partial charge < -0.3 is 15.8 Å². The van der Waals surface area contributed by atoms with Gasteiger partial charge in [0.1, 0.15) is 23.9 Å². The fraction of sp³-hybridized carbons (Fsp3) is 0.276. The Labute approximate surface area is 209 Å². The number of ether oxygens (including phenoxy) is 1. The number of fused-ring (bicyclic) bond motifs is 1. The van der Waals surface area contributed by atoms with Crippen LogP contribution < -0.4 is 15.8 Å². The summed E-state index contributed by atoms with van der Waals surface area (Å²) in [6.07, 6.45) is 4.50. The summed E-state index contributed by atoms with van der Waals surface area (Å²) in [4.78, 5) is 19.8. The molecule has 0 saturated heterocycles. The van der Waals surface area contributed by atoms with Gasteiger partial charge in [-0.25, -0.2) is 4.98 Å². The lowest BCUT2D eigenvalue weighted by molar-refractivity contribution is 0.0995. The van der Waals surface area contributed by atoms with Gasteiger partial charge in [-0.3, -0.25) is 9.78 Å². The first kappa shape index (κ1) is 29.1. The van der Waals surface area contributed by atoms with E-state index in [0.717, 1.165) is 27.8 Å². The Bertz CT molecular complexity index is 1190. The van der Waals surface area contributed by atoms with Gasteiger partial charge in [-0.05, 0) is 36.8 Å². The predicted octanol–water partition coefficient (Wildman–Crippen LogP) is 7.44. The monoisotopic (exact) mass is 474 g/mol. The maximum atomic E-state index is 11.3. The number of nitrogens with one attached hydrogen (secondary N) is 1. The highest BCUT2D eigenvalue weighted by atomic mass is 16.5. The van der Waals surface area contributed by atoms with E-state index >= 15 is 0 Å². The minimum Gasteiger partial charge on any atom is -0.487 e. The van der Waals surface area contributed by atoms with Crippen LogP contribution in [0.5, 0.6) is 5.75 Å². The van der Waals surface area contributed by atoms with Gasteiger partial charge in [0.2, 0.25) is 0 Å². The van der Waals surface area contributed by atoms with Crippen LogP contribution in [0, 0.1) is 6.92 Å². The number of amides is 1. The van der Waals surface area contributed by atoms with Gasteiger partial charge in [0.15, 0.2) is 0 Å². The third-order valence-corrected chi connectivity index (χ3v) is 4.54. The molecule has 4 aromatic rings. The Morgan fingerprint density at radius 2 is 1.60 bits per heavy atom. The summed E-state index contributed by atoms with van der Waals surface area (Å²) in [5.74, 6) is 0.856. The van der Waals surface area contributed by atoms with Crippen molar-refractivity contribution in [3.05, 3.63) is 89.9 Å². The quantitative estimate of drug-likeness (QED) is 0.303. The molecule has 0 unspecified atom stereocenters. The van der Waals surface area contributed by atoms with Crippen LogP contribution in [0.3, 0.4) is 0 Å². The van der Waals surface area contributed by atoms with Crippen LogP contribution in [0.25, 0.3) is 10.8 Å². The molecule has 0 atom stereocenters. The van der Waals surface area contributed by atoms with Gasteiger partial charge in [-0.1, -0.05) is 83.5 Å². The van der Waals surface area contributed by atoms with E-state index in [0.29, 0.717) is 5.75 Å². The van der Waals surface area contributed by atoms with E-state index in [9.17, 15) is 4.79 Å². The topological polar surface area (TPSA) is 90.1 Å². The normalized spacial score (nSPS) is 9.51. The van der Waals surface area contributed by atoms with Crippen molar-refractivity contribution in [2.45, 2.75) is 55.1 Å². The Morgan fingerprint density at radius 3 is 2.23 bits per heavy atom. The second-order valence-electron chi connectivity index (χ2n) is 7.42. The summed E-state index contributed by atoms with van der Waals surface area (Å²) < 4.78 is 5.99. The van der Waals surface area contributed by atoms with E-state index in [4.69, 9.17) is 10.5 Å². The van der Waals surface area contributed by atoms with Crippen molar-refractivity contribution in [3.63, 3.8) is 0 Å². The van der Waals surface area contributed by atoms with E-state index in [1.807, 2.05) is 50.2 Å². The molecule has 0 aliphatic rings. The van der Waals surface area contributed by atoms with E-state index in [1.54, 1.807) is 24.5 Å². The molecule has 6 nitrogen and oxygen atoms in total. The van der Waals surface area contributed by atoms with Gasteiger partial charge in [0.25, 0.3) is 5.91 Å². The molecule has 0 spiro atoms. The average Bonchev–Trinajstić information content (AvgIpc) is 2.87. The molecule has 0 saturated carbocycles. The molecule has 0 bridgehead atoms. The third-order valence-electron chi connectivity index (χ3n) is 4.54. The number of benzene rings is 2. The number of anilines is 2. The molecule has 6 heteroatoms. The van der Waals surface area contributed by atoms with E-state index in [-0.39, 0.29) is 19.7 Å². The van der Waals surface area contributed by atoms with Crippen LogP contribution >= 0.6 is 0 Å². The van der Waals surface area contributed by atoms with Crippen LogP contribution in [0.15, 0.2) is 73.1 Å². The molecule has 4 rings (SSSR count). The molecular formula is C29H38N4O2. The molecule has 0 radical (unpaired) electrons. The highest BCUT2D eigenvalue weighted by Gasteiger charge is 2.10. The number of hydrogen-bond donors (Lipinski definition) is 2. The van der Waals surface area contributed by atoms with Crippen molar-refractivity contribution >= 4 is 28.2 Å². The number of carbonyl (C=O) groups excluding carboxylic acids is 1.